The van der Waals surface area contributed by atoms with Crippen LogP contribution in [0.1, 0.15) is 25.1 Å². The van der Waals surface area contributed by atoms with Gasteiger partial charge in [-0.3, -0.25) is 4.98 Å². The lowest BCUT2D eigenvalue weighted by Crippen LogP contribution is -2.22. The smallest absolute Gasteiger partial charge is 0.340 e. The molecule has 0 saturated heterocycles. The maximum absolute atomic E-state index is 12.3. The number of nitrogens with zero attached hydrogens (tertiary/aromatic N) is 2. The van der Waals surface area contributed by atoms with E-state index in [1.54, 1.807) is 6.20 Å². The Morgan fingerprint density at radius 1 is 1.08 bits per heavy atom. The van der Waals surface area contributed by atoms with E-state index in [4.69, 9.17) is 4.42 Å². The molecule has 0 aliphatic heterocycles. The van der Waals surface area contributed by atoms with E-state index in [0.717, 1.165) is 29.9 Å². The third kappa shape index (κ3) is 4.06. The highest BCUT2D eigenvalue weighted by Crippen LogP contribution is 2.21. The third-order valence-corrected chi connectivity index (χ3v) is 4.27. The van der Waals surface area contributed by atoms with E-state index in [0.29, 0.717) is 24.2 Å². The van der Waals surface area contributed by atoms with E-state index in [1.165, 1.54) is 0 Å². The molecule has 130 valence electrons. The summed E-state index contributed by atoms with van der Waals surface area (Å²) in [6.45, 7) is 7.12. The van der Waals surface area contributed by atoms with Crippen molar-refractivity contribution in [1.29, 1.82) is 0 Å². The molecule has 1 N–H and O–H groups in total. The first kappa shape index (κ1) is 17.2. The maximum Gasteiger partial charge on any atom is 0.340 e. The zero-order valence-electron chi connectivity index (χ0n) is 14.7. The number of pyridine rings is 1. The fourth-order valence-electron chi connectivity index (χ4n) is 2.88. The highest BCUT2D eigenvalue weighted by molar-refractivity contribution is 5.81. The number of anilines is 1. The number of aromatic nitrogens is 1. The summed E-state index contributed by atoms with van der Waals surface area (Å²) < 4.78 is 5.54. The van der Waals surface area contributed by atoms with Crippen molar-refractivity contribution in [3.63, 3.8) is 0 Å². The standard InChI is InChI=1S/C20H23N3O2/c1-3-23(4-2)18-9-8-15-11-16(20(24)25-19(15)12-18)13-21-14-17-7-5-6-10-22-17/h5-12,21H,3-4,13-14H2,1-2H3. The van der Waals surface area contributed by atoms with Crippen LogP contribution in [-0.4, -0.2) is 18.1 Å². The SMILES string of the molecule is CCN(CC)c1ccc2cc(CNCc3ccccn3)c(=O)oc2c1. The minimum absolute atomic E-state index is 0.294. The van der Waals surface area contributed by atoms with Gasteiger partial charge in [-0.15, -0.1) is 0 Å². The summed E-state index contributed by atoms with van der Waals surface area (Å²) in [6.07, 6.45) is 1.76. The second kappa shape index (κ2) is 7.94. The molecule has 0 unspecified atom stereocenters. The lowest BCUT2D eigenvalue weighted by atomic mass is 10.1. The van der Waals surface area contributed by atoms with Crippen LogP contribution in [0.15, 0.2) is 57.9 Å². The molecule has 0 spiro atoms. The van der Waals surface area contributed by atoms with Gasteiger partial charge in [0.1, 0.15) is 5.58 Å². The van der Waals surface area contributed by atoms with Crippen molar-refractivity contribution < 1.29 is 4.42 Å². The maximum atomic E-state index is 12.3. The lowest BCUT2D eigenvalue weighted by Gasteiger charge is -2.21. The molecular weight excluding hydrogens is 314 g/mol. The molecule has 1 aromatic carbocycles. The molecule has 0 amide bonds. The molecule has 3 aromatic rings. The number of benzene rings is 1. The first-order valence-electron chi connectivity index (χ1n) is 8.63. The van der Waals surface area contributed by atoms with Gasteiger partial charge in [0.05, 0.1) is 11.3 Å². The minimum Gasteiger partial charge on any atom is -0.422 e. The van der Waals surface area contributed by atoms with E-state index in [-0.39, 0.29) is 5.63 Å². The van der Waals surface area contributed by atoms with Crippen molar-refractivity contribution in [3.05, 3.63) is 70.3 Å². The predicted molar refractivity (Wildman–Crippen MR) is 101 cm³/mol. The van der Waals surface area contributed by atoms with Crippen LogP contribution in [0, 0.1) is 0 Å². The average molecular weight is 337 g/mol. The van der Waals surface area contributed by atoms with E-state index < -0.39 is 0 Å². The van der Waals surface area contributed by atoms with Crippen molar-refractivity contribution in [2.24, 2.45) is 0 Å². The van der Waals surface area contributed by atoms with E-state index in [1.807, 2.05) is 36.4 Å². The topological polar surface area (TPSA) is 58.4 Å². The highest BCUT2D eigenvalue weighted by Gasteiger charge is 2.08. The Morgan fingerprint density at radius 3 is 2.64 bits per heavy atom. The molecule has 0 aliphatic carbocycles. The molecule has 0 fully saturated rings. The van der Waals surface area contributed by atoms with Gasteiger partial charge in [-0.2, -0.15) is 0 Å². The zero-order valence-corrected chi connectivity index (χ0v) is 14.7. The van der Waals surface area contributed by atoms with Crippen molar-refractivity contribution in [3.8, 4) is 0 Å². The summed E-state index contributed by atoms with van der Waals surface area (Å²) in [5.74, 6) is 0. The summed E-state index contributed by atoms with van der Waals surface area (Å²) in [5, 5.41) is 4.18. The summed E-state index contributed by atoms with van der Waals surface area (Å²) in [4.78, 5) is 18.7. The molecule has 5 nitrogen and oxygen atoms in total. The summed E-state index contributed by atoms with van der Waals surface area (Å²) in [6, 6.07) is 13.7. The Balaban J connectivity index is 1.77. The number of hydrogen-bond acceptors (Lipinski definition) is 5. The first-order valence-corrected chi connectivity index (χ1v) is 8.63. The van der Waals surface area contributed by atoms with Crippen LogP contribution in [0.3, 0.4) is 0 Å². The van der Waals surface area contributed by atoms with Crippen LogP contribution in [0.4, 0.5) is 5.69 Å². The van der Waals surface area contributed by atoms with E-state index in [9.17, 15) is 4.79 Å². The summed E-state index contributed by atoms with van der Waals surface area (Å²) in [5.41, 5.74) is 2.97. The monoisotopic (exact) mass is 337 g/mol. The van der Waals surface area contributed by atoms with Gasteiger partial charge in [0, 0.05) is 49.5 Å². The molecule has 0 aliphatic rings. The van der Waals surface area contributed by atoms with Gasteiger partial charge in [-0.05, 0) is 44.2 Å². The van der Waals surface area contributed by atoms with Crippen LogP contribution >= 0.6 is 0 Å². The minimum atomic E-state index is -0.294. The quantitative estimate of drug-likeness (QED) is 0.670. The largest absolute Gasteiger partial charge is 0.422 e. The van der Waals surface area contributed by atoms with Crippen molar-refractivity contribution in [2.45, 2.75) is 26.9 Å². The molecule has 0 atom stereocenters. The molecule has 0 bridgehead atoms. The Morgan fingerprint density at radius 2 is 1.92 bits per heavy atom. The van der Waals surface area contributed by atoms with Gasteiger partial charge < -0.3 is 14.6 Å². The Kier molecular flexibility index (Phi) is 5.46. The van der Waals surface area contributed by atoms with Crippen LogP contribution in [-0.2, 0) is 13.1 Å². The van der Waals surface area contributed by atoms with Crippen molar-refractivity contribution in [1.82, 2.24) is 10.3 Å². The normalized spacial score (nSPS) is 11.0. The molecule has 2 heterocycles. The van der Waals surface area contributed by atoms with Crippen LogP contribution in [0.5, 0.6) is 0 Å². The van der Waals surface area contributed by atoms with Gasteiger partial charge >= 0.3 is 5.63 Å². The molecule has 0 saturated carbocycles. The molecule has 5 heteroatoms. The zero-order chi connectivity index (χ0) is 17.6. The molecule has 0 radical (unpaired) electrons. The molecule has 3 rings (SSSR count). The fourth-order valence-corrected chi connectivity index (χ4v) is 2.88. The first-order chi connectivity index (χ1) is 12.2. The van der Waals surface area contributed by atoms with Crippen molar-refractivity contribution >= 4 is 16.7 Å². The van der Waals surface area contributed by atoms with E-state index in [2.05, 4.69) is 35.1 Å². The number of rotatable bonds is 7. The van der Waals surface area contributed by atoms with Gasteiger partial charge in [-0.1, -0.05) is 6.07 Å². The number of nitrogens with one attached hydrogen (secondary N) is 1. The fraction of sp³-hybridized carbons (Fsp3) is 0.300. The Bertz CT molecular complexity index is 886. The van der Waals surface area contributed by atoms with Crippen LogP contribution < -0.4 is 15.8 Å². The lowest BCUT2D eigenvalue weighted by molar-refractivity contribution is 0.540. The third-order valence-electron chi connectivity index (χ3n) is 4.27. The van der Waals surface area contributed by atoms with Gasteiger partial charge in [0.15, 0.2) is 0 Å². The van der Waals surface area contributed by atoms with E-state index >= 15 is 0 Å². The van der Waals surface area contributed by atoms with Crippen LogP contribution in [0.25, 0.3) is 11.0 Å². The summed E-state index contributed by atoms with van der Waals surface area (Å²) in [7, 11) is 0. The molecule has 25 heavy (non-hydrogen) atoms. The second-order valence-electron chi connectivity index (χ2n) is 5.88. The highest BCUT2D eigenvalue weighted by atomic mass is 16.4. The predicted octanol–water partition coefficient (Wildman–Crippen LogP) is 3.32. The average Bonchev–Trinajstić information content (AvgIpc) is 2.64. The molecular formula is C20H23N3O2. The number of fused-ring (bicyclic) bond motifs is 1. The van der Waals surface area contributed by atoms with Gasteiger partial charge in [0.25, 0.3) is 0 Å². The summed E-state index contributed by atoms with van der Waals surface area (Å²) >= 11 is 0. The Labute approximate surface area is 147 Å². The van der Waals surface area contributed by atoms with Gasteiger partial charge in [-0.25, -0.2) is 4.79 Å². The molecule has 2 aromatic heterocycles. The number of hydrogen-bond donors (Lipinski definition) is 1. The van der Waals surface area contributed by atoms with Gasteiger partial charge in [0.2, 0.25) is 0 Å². The van der Waals surface area contributed by atoms with Crippen molar-refractivity contribution in [2.75, 3.05) is 18.0 Å². The Hall–Kier alpha value is -2.66. The second-order valence-corrected chi connectivity index (χ2v) is 5.88. The van der Waals surface area contributed by atoms with Crippen LogP contribution in [0.2, 0.25) is 0 Å².